The van der Waals surface area contributed by atoms with E-state index in [-0.39, 0.29) is 11.9 Å². The number of anilines is 1. The lowest BCUT2D eigenvalue weighted by molar-refractivity contribution is -0.710. The van der Waals surface area contributed by atoms with Crippen molar-refractivity contribution in [3.05, 3.63) is 59.7 Å². The highest BCUT2D eigenvalue weighted by Crippen LogP contribution is 2.23. The molecule has 2 aromatic rings. The minimum absolute atomic E-state index is 0.228. The summed E-state index contributed by atoms with van der Waals surface area (Å²) in [4.78, 5) is 12.3. The molecule has 0 aliphatic carbocycles. The molecule has 0 unspecified atom stereocenters. The molecule has 2 aromatic carbocycles. The Hall–Kier alpha value is -2.47. The third kappa shape index (κ3) is 4.29. The van der Waals surface area contributed by atoms with Gasteiger partial charge in [0.05, 0.1) is 12.8 Å². The van der Waals surface area contributed by atoms with Crippen LogP contribution in [0.3, 0.4) is 0 Å². The zero-order valence-corrected chi connectivity index (χ0v) is 13.8. The average Bonchev–Trinajstić information content (AvgIpc) is 2.55. The van der Waals surface area contributed by atoms with E-state index in [2.05, 4.69) is 5.32 Å². The number of carbonyl (C=O) groups is 1. The Morgan fingerprint density at radius 2 is 1.88 bits per heavy atom. The Balaban J connectivity index is 2.03. The van der Waals surface area contributed by atoms with Crippen molar-refractivity contribution in [2.45, 2.75) is 25.9 Å². The fourth-order valence-electron chi connectivity index (χ4n) is 2.49. The van der Waals surface area contributed by atoms with Gasteiger partial charge in [-0.3, -0.25) is 4.79 Å². The molecule has 3 N–H and O–H groups in total. The molecule has 2 rings (SSSR count). The quantitative estimate of drug-likeness (QED) is 0.853. The maximum atomic E-state index is 13.8. The Bertz CT molecular complexity index is 722. The summed E-state index contributed by atoms with van der Waals surface area (Å²) in [6, 6.07) is 9.76. The van der Waals surface area contributed by atoms with E-state index in [1.54, 1.807) is 37.4 Å². The van der Waals surface area contributed by atoms with E-state index in [1.165, 1.54) is 19.2 Å². The van der Waals surface area contributed by atoms with Gasteiger partial charge in [-0.2, -0.15) is 0 Å². The molecule has 1 amide bonds. The number of benzene rings is 2. The first-order valence-corrected chi connectivity index (χ1v) is 7.66. The van der Waals surface area contributed by atoms with Crippen LogP contribution in [0.25, 0.3) is 0 Å². The molecule has 0 aromatic heterocycles. The summed E-state index contributed by atoms with van der Waals surface area (Å²) in [5.74, 6) is -0.897. The first kappa shape index (κ1) is 17.9. The van der Waals surface area contributed by atoms with Gasteiger partial charge in [0.25, 0.3) is 5.91 Å². The van der Waals surface area contributed by atoms with E-state index in [0.29, 0.717) is 17.0 Å². The highest BCUT2D eigenvalue weighted by atomic mass is 19.1. The number of methoxy groups -OCH3 is 1. The lowest BCUT2D eigenvalue weighted by Crippen LogP contribution is -2.91. The van der Waals surface area contributed by atoms with Gasteiger partial charge in [0, 0.05) is 11.6 Å². The van der Waals surface area contributed by atoms with E-state index in [9.17, 15) is 13.6 Å². The minimum atomic E-state index is -0.620. The molecule has 2 atom stereocenters. The lowest BCUT2D eigenvalue weighted by Gasteiger charge is -2.18. The molecule has 24 heavy (non-hydrogen) atoms. The number of para-hydroxylation sites is 2. The minimum Gasteiger partial charge on any atom is -0.495 e. The molecule has 128 valence electrons. The van der Waals surface area contributed by atoms with E-state index in [0.717, 1.165) is 6.07 Å². The van der Waals surface area contributed by atoms with Gasteiger partial charge in [-0.15, -0.1) is 0 Å². The summed E-state index contributed by atoms with van der Waals surface area (Å²) in [5, 5.41) is 4.52. The fraction of sp³-hybridized carbons (Fsp3) is 0.278. The van der Waals surface area contributed by atoms with Gasteiger partial charge in [0.2, 0.25) is 0 Å². The number of hydrogen-bond acceptors (Lipinski definition) is 2. The monoisotopic (exact) mass is 335 g/mol. The van der Waals surface area contributed by atoms with Crippen LogP contribution in [0.4, 0.5) is 14.5 Å². The molecule has 0 radical (unpaired) electrons. The summed E-state index contributed by atoms with van der Waals surface area (Å²) in [6.45, 7) is 3.49. The molecule has 0 fully saturated rings. The number of quaternary nitrogens is 1. The number of amides is 1. The molecular weight excluding hydrogens is 314 g/mol. The fourth-order valence-corrected chi connectivity index (χ4v) is 2.49. The number of rotatable bonds is 6. The van der Waals surface area contributed by atoms with Gasteiger partial charge >= 0.3 is 0 Å². The van der Waals surface area contributed by atoms with Gasteiger partial charge in [-0.05, 0) is 38.1 Å². The maximum absolute atomic E-state index is 13.8. The van der Waals surface area contributed by atoms with Gasteiger partial charge < -0.3 is 15.4 Å². The third-order valence-corrected chi connectivity index (χ3v) is 3.81. The van der Waals surface area contributed by atoms with E-state index < -0.39 is 17.7 Å². The summed E-state index contributed by atoms with van der Waals surface area (Å²) >= 11 is 0. The molecule has 0 aliphatic rings. The largest absolute Gasteiger partial charge is 0.495 e. The van der Waals surface area contributed by atoms with Crippen LogP contribution in [-0.2, 0) is 4.79 Å². The first-order chi connectivity index (χ1) is 11.4. The summed E-state index contributed by atoms with van der Waals surface area (Å²) in [6.07, 6.45) is 0. The number of carbonyl (C=O) groups excluding carboxylic acids is 1. The molecule has 0 heterocycles. The number of nitrogens with two attached hydrogens (primary N) is 1. The van der Waals surface area contributed by atoms with Crippen molar-refractivity contribution < 1.29 is 23.6 Å². The smallest absolute Gasteiger partial charge is 0.282 e. The molecule has 0 bridgehead atoms. The molecule has 0 aliphatic heterocycles. The van der Waals surface area contributed by atoms with E-state index >= 15 is 0 Å². The van der Waals surface area contributed by atoms with Crippen molar-refractivity contribution in [2.24, 2.45) is 0 Å². The van der Waals surface area contributed by atoms with Crippen molar-refractivity contribution in [3.8, 4) is 5.75 Å². The van der Waals surface area contributed by atoms with Crippen molar-refractivity contribution in [3.63, 3.8) is 0 Å². The highest BCUT2D eigenvalue weighted by molar-refractivity contribution is 5.94. The van der Waals surface area contributed by atoms with Crippen LogP contribution in [0.1, 0.15) is 25.5 Å². The van der Waals surface area contributed by atoms with Gasteiger partial charge in [-0.25, -0.2) is 8.78 Å². The molecule has 0 saturated heterocycles. The summed E-state index contributed by atoms with van der Waals surface area (Å²) in [7, 11) is 1.53. The molecule has 4 nitrogen and oxygen atoms in total. The maximum Gasteiger partial charge on any atom is 0.282 e. The summed E-state index contributed by atoms with van der Waals surface area (Å²) < 4.78 is 32.0. The van der Waals surface area contributed by atoms with Crippen LogP contribution >= 0.6 is 0 Å². The second-order valence-electron chi connectivity index (χ2n) is 5.63. The van der Waals surface area contributed by atoms with Crippen molar-refractivity contribution >= 4 is 11.6 Å². The standard InChI is InChI=1S/C18H20F2N2O2/c1-11(14-9-8-13(19)10-15(14)20)21-12(2)18(23)22-16-6-4-5-7-17(16)24-3/h4-12,21H,1-3H3,(H,22,23)/p+1/t11-,12-/m1/s1. The SMILES string of the molecule is COc1ccccc1NC(=O)[C@@H](C)[NH2+][C@H](C)c1ccc(F)cc1F. The Morgan fingerprint density at radius 1 is 1.17 bits per heavy atom. The lowest BCUT2D eigenvalue weighted by atomic mass is 10.1. The number of halogens is 2. The van der Waals surface area contributed by atoms with Crippen LogP contribution in [-0.4, -0.2) is 19.1 Å². The molecule has 0 saturated carbocycles. The average molecular weight is 335 g/mol. The predicted octanol–water partition coefficient (Wildman–Crippen LogP) is 2.63. The Kier molecular flexibility index (Phi) is 5.87. The van der Waals surface area contributed by atoms with Gasteiger partial charge in [0.15, 0.2) is 6.04 Å². The highest BCUT2D eigenvalue weighted by Gasteiger charge is 2.23. The van der Waals surface area contributed by atoms with E-state index in [4.69, 9.17) is 4.74 Å². The zero-order valence-electron chi connectivity index (χ0n) is 13.8. The zero-order chi connectivity index (χ0) is 17.7. The van der Waals surface area contributed by atoms with Crippen LogP contribution < -0.4 is 15.4 Å². The van der Waals surface area contributed by atoms with E-state index in [1.807, 2.05) is 6.07 Å². The van der Waals surface area contributed by atoms with Crippen LogP contribution in [0, 0.1) is 11.6 Å². The van der Waals surface area contributed by atoms with Gasteiger partial charge in [-0.1, -0.05) is 12.1 Å². The van der Waals surface area contributed by atoms with Crippen molar-refractivity contribution in [1.82, 2.24) is 0 Å². The second kappa shape index (κ2) is 7.88. The number of ether oxygens (including phenoxy) is 1. The van der Waals surface area contributed by atoms with Crippen LogP contribution in [0.2, 0.25) is 0 Å². The molecule has 6 heteroatoms. The summed E-state index contributed by atoms with van der Waals surface area (Å²) in [5.41, 5.74) is 0.930. The van der Waals surface area contributed by atoms with Crippen molar-refractivity contribution in [1.29, 1.82) is 0 Å². The second-order valence-corrected chi connectivity index (χ2v) is 5.63. The van der Waals surface area contributed by atoms with Crippen LogP contribution in [0.5, 0.6) is 5.75 Å². The number of hydrogen-bond donors (Lipinski definition) is 2. The Labute approximate surface area is 139 Å². The predicted molar refractivity (Wildman–Crippen MR) is 87.8 cm³/mol. The van der Waals surface area contributed by atoms with Crippen molar-refractivity contribution in [2.75, 3.05) is 12.4 Å². The van der Waals surface area contributed by atoms with Gasteiger partial charge in [0.1, 0.15) is 23.4 Å². The normalized spacial score (nSPS) is 13.2. The topological polar surface area (TPSA) is 54.9 Å². The molecular formula is C18H21F2N2O2+. The number of nitrogens with one attached hydrogen (secondary N) is 1. The third-order valence-electron chi connectivity index (χ3n) is 3.81. The first-order valence-electron chi connectivity index (χ1n) is 7.66. The molecule has 0 spiro atoms. The van der Waals surface area contributed by atoms with Crippen LogP contribution in [0.15, 0.2) is 42.5 Å². The Morgan fingerprint density at radius 3 is 2.54 bits per heavy atom.